The van der Waals surface area contributed by atoms with Crippen LogP contribution in [0.15, 0.2) is 18.2 Å². The number of nitrogen functional groups attached to an aromatic ring is 1. The summed E-state index contributed by atoms with van der Waals surface area (Å²) < 4.78 is 5.47. The van der Waals surface area contributed by atoms with Crippen molar-refractivity contribution in [3.05, 3.63) is 29.3 Å². The molecule has 0 radical (unpaired) electrons. The lowest BCUT2D eigenvalue weighted by atomic mass is 9.80. The van der Waals surface area contributed by atoms with Gasteiger partial charge >= 0.3 is 0 Å². The number of carbonyl (C=O) groups excluding carboxylic acids is 1. The van der Waals surface area contributed by atoms with Crippen molar-refractivity contribution in [3.63, 3.8) is 0 Å². The summed E-state index contributed by atoms with van der Waals surface area (Å²) >= 11 is 0. The molecule has 0 saturated heterocycles. The summed E-state index contributed by atoms with van der Waals surface area (Å²) in [7, 11) is 1.70. The quantitative estimate of drug-likeness (QED) is 0.800. The summed E-state index contributed by atoms with van der Waals surface area (Å²) in [6.07, 6.45) is 3.20. The highest BCUT2D eigenvalue weighted by atomic mass is 16.5. The molecule has 0 bridgehead atoms. The van der Waals surface area contributed by atoms with Crippen LogP contribution in [-0.4, -0.2) is 25.2 Å². The van der Waals surface area contributed by atoms with Crippen molar-refractivity contribution < 1.29 is 9.53 Å². The zero-order chi connectivity index (χ0) is 13.2. The van der Waals surface area contributed by atoms with Crippen LogP contribution in [0.3, 0.4) is 0 Å². The lowest BCUT2D eigenvalue weighted by molar-refractivity contribution is -0.0679. The van der Waals surface area contributed by atoms with Crippen LogP contribution in [0, 0.1) is 6.92 Å². The number of aryl methyl sites for hydroxylation is 1. The topological polar surface area (TPSA) is 64.3 Å². The number of ether oxygens (including phenoxy) is 1. The van der Waals surface area contributed by atoms with Crippen LogP contribution in [0.2, 0.25) is 0 Å². The maximum atomic E-state index is 12.0. The van der Waals surface area contributed by atoms with Gasteiger partial charge in [0.1, 0.15) is 0 Å². The monoisotopic (exact) mass is 248 g/mol. The van der Waals surface area contributed by atoms with Crippen LogP contribution in [0.25, 0.3) is 0 Å². The Labute approximate surface area is 108 Å². The van der Waals surface area contributed by atoms with Crippen LogP contribution >= 0.6 is 0 Å². The molecule has 0 aliphatic heterocycles. The van der Waals surface area contributed by atoms with Crippen LogP contribution in [0.5, 0.6) is 0 Å². The molecule has 1 aromatic carbocycles. The summed E-state index contributed by atoms with van der Waals surface area (Å²) in [6.45, 7) is 2.49. The lowest BCUT2D eigenvalue weighted by Gasteiger charge is -2.40. The molecule has 0 heterocycles. The minimum atomic E-state index is -0.148. The third-order valence-electron chi connectivity index (χ3n) is 3.63. The summed E-state index contributed by atoms with van der Waals surface area (Å²) in [6, 6.07) is 5.38. The van der Waals surface area contributed by atoms with Gasteiger partial charge in [-0.25, -0.2) is 0 Å². The van der Waals surface area contributed by atoms with Crippen molar-refractivity contribution in [1.82, 2.24) is 5.32 Å². The van der Waals surface area contributed by atoms with E-state index < -0.39 is 0 Å². The van der Waals surface area contributed by atoms with Crippen molar-refractivity contribution in [2.24, 2.45) is 0 Å². The number of rotatable bonds is 4. The first-order valence-corrected chi connectivity index (χ1v) is 6.25. The zero-order valence-corrected chi connectivity index (χ0v) is 11.0. The van der Waals surface area contributed by atoms with Gasteiger partial charge in [0.15, 0.2) is 0 Å². The Kier molecular flexibility index (Phi) is 3.57. The van der Waals surface area contributed by atoms with Gasteiger partial charge in [0.25, 0.3) is 5.91 Å². The Morgan fingerprint density at radius 1 is 1.44 bits per heavy atom. The second-order valence-electron chi connectivity index (χ2n) is 5.06. The van der Waals surface area contributed by atoms with Crippen molar-refractivity contribution >= 4 is 11.6 Å². The smallest absolute Gasteiger partial charge is 0.251 e. The predicted molar refractivity (Wildman–Crippen MR) is 71.5 cm³/mol. The molecule has 0 aromatic heterocycles. The van der Waals surface area contributed by atoms with Gasteiger partial charge in [-0.1, -0.05) is 0 Å². The fourth-order valence-corrected chi connectivity index (χ4v) is 2.31. The van der Waals surface area contributed by atoms with E-state index in [-0.39, 0.29) is 11.5 Å². The first-order chi connectivity index (χ1) is 8.54. The Morgan fingerprint density at radius 3 is 2.67 bits per heavy atom. The first-order valence-electron chi connectivity index (χ1n) is 6.25. The van der Waals surface area contributed by atoms with Gasteiger partial charge in [-0.05, 0) is 49.9 Å². The highest BCUT2D eigenvalue weighted by Gasteiger charge is 2.37. The Balaban J connectivity index is 1.99. The SMILES string of the molecule is COC1(CNC(=O)c2cc(C)cc(N)c2)CCC1. The number of hydrogen-bond donors (Lipinski definition) is 2. The molecule has 0 spiro atoms. The molecule has 1 fully saturated rings. The van der Waals surface area contributed by atoms with Crippen LogP contribution in [-0.2, 0) is 4.74 Å². The van der Waals surface area contributed by atoms with Crippen molar-refractivity contribution in [2.45, 2.75) is 31.8 Å². The predicted octanol–water partition coefficient (Wildman–Crippen LogP) is 1.88. The molecule has 98 valence electrons. The van der Waals surface area contributed by atoms with Gasteiger partial charge in [-0.15, -0.1) is 0 Å². The van der Waals surface area contributed by atoms with E-state index in [0.717, 1.165) is 18.4 Å². The largest absolute Gasteiger partial charge is 0.399 e. The molecule has 1 aliphatic carbocycles. The first kappa shape index (κ1) is 12.9. The molecule has 3 N–H and O–H groups in total. The molecule has 2 rings (SSSR count). The van der Waals surface area contributed by atoms with Crippen LogP contribution in [0.4, 0.5) is 5.69 Å². The second kappa shape index (κ2) is 4.98. The normalized spacial score (nSPS) is 17.0. The van der Waals surface area contributed by atoms with Crippen molar-refractivity contribution in [2.75, 3.05) is 19.4 Å². The number of methoxy groups -OCH3 is 1. The molecule has 4 nitrogen and oxygen atoms in total. The molecule has 1 saturated carbocycles. The molecule has 18 heavy (non-hydrogen) atoms. The number of anilines is 1. The fraction of sp³-hybridized carbons (Fsp3) is 0.500. The van der Waals surface area contributed by atoms with E-state index in [2.05, 4.69) is 5.32 Å². The summed E-state index contributed by atoms with van der Waals surface area (Å²) in [4.78, 5) is 12.0. The number of nitrogens with two attached hydrogens (primary N) is 1. The van der Waals surface area contributed by atoms with E-state index in [1.165, 1.54) is 6.42 Å². The lowest BCUT2D eigenvalue weighted by Crippen LogP contribution is -2.49. The van der Waals surface area contributed by atoms with Gasteiger partial charge in [-0.3, -0.25) is 4.79 Å². The molecule has 1 amide bonds. The molecule has 4 heteroatoms. The molecular weight excluding hydrogens is 228 g/mol. The van der Waals surface area contributed by atoms with E-state index in [0.29, 0.717) is 17.8 Å². The Morgan fingerprint density at radius 2 is 2.17 bits per heavy atom. The average Bonchev–Trinajstić information content (AvgIpc) is 2.26. The summed E-state index contributed by atoms with van der Waals surface area (Å²) in [5.41, 5.74) is 7.81. The number of nitrogens with one attached hydrogen (secondary N) is 1. The summed E-state index contributed by atoms with van der Waals surface area (Å²) in [5.74, 6) is -0.0891. The van der Waals surface area contributed by atoms with Crippen LogP contribution in [0.1, 0.15) is 35.2 Å². The molecule has 1 aliphatic rings. The molecule has 0 unspecified atom stereocenters. The van der Waals surface area contributed by atoms with Gasteiger partial charge in [0.05, 0.1) is 5.60 Å². The number of carbonyl (C=O) groups is 1. The second-order valence-corrected chi connectivity index (χ2v) is 5.06. The van der Waals surface area contributed by atoms with Crippen molar-refractivity contribution in [1.29, 1.82) is 0 Å². The Bertz CT molecular complexity index is 427. The van der Waals surface area contributed by atoms with E-state index in [9.17, 15) is 4.79 Å². The standard InChI is InChI=1S/C14H20N2O2/c1-10-6-11(8-12(15)7-10)13(17)16-9-14(18-2)4-3-5-14/h6-8H,3-5,9,15H2,1-2H3,(H,16,17). The molecular formula is C14H20N2O2. The molecule has 1 aromatic rings. The maximum absolute atomic E-state index is 12.0. The fourth-order valence-electron chi connectivity index (χ4n) is 2.31. The van der Waals surface area contributed by atoms with E-state index in [1.807, 2.05) is 19.1 Å². The minimum Gasteiger partial charge on any atom is -0.399 e. The van der Waals surface area contributed by atoms with Gasteiger partial charge in [0.2, 0.25) is 0 Å². The van der Waals surface area contributed by atoms with Gasteiger partial charge in [-0.2, -0.15) is 0 Å². The van der Waals surface area contributed by atoms with E-state index >= 15 is 0 Å². The third kappa shape index (κ3) is 2.64. The average molecular weight is 248 g/mol. The number of hydrogen-bond acceptors (Lipinski definition) is 3. The van der Waals surface area contributed by atoms with E-state index in [4.69, 9.17) is 10.5 Å². The highest BCUT2D eigenvalue weighted by molar-refractivity contribution is 5.95. The molecule has 0 atom stereocenters. The maximum Gasteiger partial charge on any atom is 0.251 e. The number of amides is 1. The van der Waals surface area contributed by atoms with E-state index in [1.54, 1.807) is 13.2 Å². The van der Waals surface area contributed by atoms with Crippen LogP contribution < -0.4 is 11.1 Å². The van der Waals surface area contributed by atoms with Crippen molar-refractivity contribution in [3.8, 4) is 0 Å². The van der Waals surface area contributed by atoms with Gasteiger partial charge in [0, 0.05) is 24.9 Å². The number of benzene rings is 1. The Hall–Kier alpha value is -1.55. The third-order valence-corrected chi connectivity index (χ3v) is 3.63. The van der Waals surface area contributed by atoms with Gasteiger partial charge < -0.3 is 15.8 Å². The zero-order valence-electron chi connectivity index (χ0n) is 11.0. The minimum absolute atomic E-state index is 0.0891. The highest BCUT2D eigenvalue weighted by Crippen LogP contribution is 2.34. The summed E-state index contributed by atoms with van der Waals surface area (Å²) in [5, 5.41) is 2.93.